The first-order valence-corrected chi connectivity index (χ1v) is 9.31. The lowest BCUT2D eigenvalue weighted by molar-refractivity contribution is -0.127. The second-order valence-corrected chi connectivity index (χ2v) is 6.76. The molecule has 1 aromatic heterocycles. The molecule has 0 aliphatic carbocycles. The normalized spacial score (nSPS) is 15.0. The Labute approximate surface area is 168 Å². The number of Topliss-reactive ketones (excluding diaryl/α,β-unsaturated/α-hetero) is 1. The minimum Gasteiger partial charge on any atom is -0.497 e. The molecule has 1 aliphatic heterocycles. The Kier molecular flexibility index (Phi) is 5.44. The Morgan fingerprint density at radius 1 is 1.14 bits per heavy atom. The molecule has 0 saturated carbocycles. The Morgan fingerprint density at radius 3 is 2.72 bits per heavy atom. The second-order valence-electron chi connectivity index (χ2n) is 6.76. The van der Waals surface area contributed by atoms with Crippen molar-refractivity contribution in [3.63, 3.8) is 0 Å². The van der Waals surface area contributed by atoms with Crippen LogP contribution in [0, 0.1) is 0 Å². The van der Waals surface area contributed by atoms with Crippen LogP contribution in [-0.4, -0.2) is 35.7 Å². The summed E-state index contributed by atoms with van der Waals surface area (Å²) in [6.07, 6.45) is 2.92. The molecule has 1 atom stereocenters. The molecule has 2 heterocycles. The first kappa shape index (κ1) is 19.0. The number of aliphatic hydroxyl groups excluding tert-OH is 1. The van der Waals surface area contributed by atoms with Gasteiger partial charge in [0.2, 0.25) is 0 Å². The maximum absolute atomic E-state index is 12.8. The smallest absolute Gasteiger partial charge is 0.191 e. The van der Waals surface area contributed by atoms with E-state index in [0.717, 1.165) is 22.3 Å². The zero-order chi connectivity index (χ0) is 20.2. The standard InChI is InChI=1S/C23H21NO5/c1-27-18-3-5-21-22(12-18)29-23(14-28-21)20(26)11-15-2-4-19(17(10-15)13-25)16-6-8-24-9-7-16/h2-10,12,23,25H,11,13-14H2,1H3. The third-order valence-electron chi connectivity index (χ3n) is 4.88. The molecule has 4 rings (SSSR count). The monoisotopic (exact) mass is 391 g/mol. The highest BCUT2D eigenvalue weighted by molar-refractivity contribution is 5.86. The van der Waals surface area contributed by atoms with Gasteiger partial charge < -0.3 is 19.3 Å². The van der Waals surface area contributed by atoms with E-state index in [9.17, 15) is 9.90 Å². The number of ether oxygens (including phenoxy) is 3. The summed E-state index contributed by atoms with van der Waals surface area (Å²) in [7, 11) is 1.57. The van der Waals surface area contributed by atoms with Gasteiger partial charge in [-0.25, -0.2) is 0 Å². The lowest BCUT2D eigenvalue weighted by Gasteiger charge is -2.26. The van der Waals surface area contributed by atoms with Crippen LogP contribution in [0.25, 0.3) is 11.1 Å². The van der Waals surface area contributed by atoms with Crippen molar-refractivity contribution in [2.45, 2.75) is 19.1 Å². The van der Waals surface area contributed by atoms with Crippen LogP contribution in [0.2, 0.25) is 0 Å². The van der Waals surface area contributed by atoms with Crippen LogP contribution in [0.4, 0.5) is 0 Å². The van der Waals surface area contributed by atoms with Gasteiger partial charge in [0, 0.05) is 24.9 Å². The van der Waals surface area contributed by atoms with Crippen LogP contribution in [0.15, 0.2) is 60.9 Å². The van der Waals surface area contributed by atoms with Crippen molar-refractivity contribution in [2.75, 3.05) is 13.7 Å². The Balaban J connectivity index is 1.50. The number of rotatable bonds is 6. The van der Waals surface area contributed by atoms with Crippen molar-refractivity contribution < 1.29 is 24.1 Å². The third kappa shape index (κ3) is 4.07. The van der Waals surface area contributed by atoms with Crippen molar-refractivity contribution in [3.8, 4) is 28.4 Å². The van der Waals surface area contributed by atoms with Gasteiger partial charge in [0.1, 0.15) is 12.4 Å². The Hall–Kier alpha value is -3.38. The van der Waals surface area contributed by atoms with Crippen molar-refractivity contribution in [1.82, 2.24) is 4.98 Å². The quantitative estimate of drug-likeness (QED) is 0.695. The molecule has 0 bridgehead atoms. The van der Waals surface area contributed by atoms with Crippen LogP contribution in [0.5, 0.6) is 17.2 Å². The van der Waals surface area contributed by atoms with E-state index in [1.54, 1.807) is 37.7 Å². The van der Waals surface area contributed by atoms with E-state index < -0.39 is 6.10 Å². The van der Waals surface area contributed by atoms with Crippen LogP contribution in [0.3, 0.4) is 0 Å². The van der Waals surface area contributed by atoms with Crippen molar-refractivity contribution >= 4 is 5.78 Å². The highest BCUT2D eigenvalue weighted by atomic mass is 16.6. The maximum atomic E-state index is 12.8. The van der Waals surface area contributed by atoms with Gasteiger partial charge in [0.15, 0.2) is 23.4 Å². The Morgan fingerprint density at radius 2 is 1.97 bits per heavy atom. The van der Waals surface area contributed by atoms with Crippen LogP contribution in [-0.2, 0) is 17.8 Å². The lowest BCUT2D eigenvalue weighted by atomic mass is 9.96. The first-order chi connectivity index (χ1) is 14.2. The van der Waals surface area contributed by atoms with Crippen molar-refractivity contribution in [3.05, 3.63) is 72.1 Å². The van der Waals surface area contributed by atoms with Gasteiger partial charge in [0.25, 0.3) is 0 Å². The summed E-state index contributed by atoms with van der Waals surface area (Å²) in [5, 5.41) is 9.79. The number of ketones is 1. The number of nitrogens with zero attached hydrogens (tertiary/aromatic N) is 1. The highest BCUT2D eigenvalue weighted by Crippen LogP contribution is 2.35. The number of fused-ring (bicyclic) bond motifs is 1. The number of pyridine rings is 1. The van der Waals surface area contributed by atoms with E-state index >= 15 is 0 Å². The molecule has 0 spiro atoms. The average Bonchev–Trinajstić information content (AvgIpc) is 2.78. The average molecular weight is 391 g/mol. The van der Waals surface area contributed by atoms with E-state index in [2.05, 4.69) is 4.98 Å². The van der Waals surface area contributed by atoms with E-state index in [4.69, 9.17) is 14.2 Å². The number of methoxy groups -OCH3 is 1. The molecule has 0 amide bonds. The van der Waals surface area contributed by atoms with E-state index in [-0.39, 0.29) is 25.4 Å². The fraction of sp³-hybridized carbons (Fsp3) is 0.217. The molecular weight excluding hydrogens is 370 g/mol. The summed E-state index contributed by atoms with van der Waals surface area (Å²) >= 11 is 0. The van der Waals surface area contributed by atoms with Gasteiger partial charge in [-0.1, -0.05) is 18.2 Å². The fourth-order valence-corrected chi connectivity index (χ4v) is 3.35. The highest BCUT2D eigenvalue weighted by Gasteiger charge is 2.27. The first-order valence-electron chi connectivity index (χ1n) is 9.31. The maximum Gasteiger partial charge on any atom is 0.191 e. The topological polar surface area (TPSA) is 77.9 Å². The zero-order valence-electron chi connectivity index (χ0n) is 16.0. The Bertz CT molecular complexity index is 1020. The molecule has 6 nitrogen and oxygen atoms in total. The minimum atomic E-state index is -0.688. The molecule has 2 aromatic carbocycles. The molecule has 29 heavy (non-hydrogen) atoms. The van der Waals surface area contributed by atoms with Crippen LogP contribution in [0.1, 0.15) is 11.1 Å². The number of hydrogen-bond donors (Lipinski definition) is 1. The summed E-state index contributed by atoms with van der Waals surface area (Å²) in [5.41, 5.74) is 3.47. The van der Waals surface area contributed by atoms with E-state index in [0.29, 0.717) is 17.2 Å². The molecule has 1 N–H and O–H groups in total. The zero-order valence-corrected chi connectivity index (χ0v) is 16.0. The van der Waals surface area contributed by atoms with Gasteiger partial charge in [-0.05, 0) is 46.5 Å². The van der Waals surface area contributed by atoms with Gasteiger partial charge in [-0.15, -0.1) is 0 Å². The second kappa shape index (κ2) is 8.32. The van der Waals surface area contributed by atoms with E-state index in [1.165, 1.54) is 0 Å². The molecule has 148 valence electrons. The van der Waals surface area contributed by atoms with Gasteiger partial charge >= 0.3 is 0 Å². The summed E-state index contributed by atoms with van der Waals surface area (Å²) < 4.78 is 16.7. The number of aliphatic hydroxyl groups is 1. The predicted octanol–water partition coefficient (Wildman–Crippen LogP) is 3.20. The predicted molar refractivity (Wildman–Crippen MR) is 107 cm³/mol. The van der Waals surface area contributed by atoms with Crippen LogP contribution < -0.4 is 14.2 Å². The molecule has 0 fully saturated rings. The molecule has 1 aliphatic rings. The van der Waals surface area contributed by atoms with Crippen LogP contribution >= 0.6 is 0 Å². The fourth-order valence-electron chi connectivity index (χ4n) is 3.35. The van der Waals surface area contributed by atoms with Crippen molar-refractivity contribution in [2.24, 2.45) is 0 Å². The van der Waals surface area contributed by atoms with Gasteiger partial charge in [0.05, 0.1) is 13.7 Å². The molecule has 0 radical (unpaired) electrons. The van der Waals surface area contributed by atoms with Gasteiger partial charge in [-0.3, -0.25) is 9.78 Å². The van der Waals surface area contributed by atoms with Gasteiger partial charge in [-0.2, -0.15) is 0 Å². The van der Waals surface area contributed by atoms with E-state index in [1.807, 2.05) is 30.3 Å². The molecule has 3 aromatic rings. The number of carbonyl (C=O) groups is 1. The largest absolute Gasteiger partial charge is 0.497 e. The third-order valence-corrected chi connectivity index (χ3v) is 4.88. The lowest BCUT2D eigenvalue weighted by Crippen LogP contribution is -2.37. The summed E-state index contributed by atoms with van der Waals surface area (Å²) in [6.45, 7) is 0.0516. The molecule has 1 unspecified atom stereocenters. The number of benzene rings is 2. The molecular formula is C23H21NO5. The number of aromatic nitrogens is 1. The SMILES string of the molecule is COc1ccc2c(c1)OC(C(=O)Cc1ccc(-c3ccncc3)c(CO)c1)CO2. The number of hydrogen-bond acceptors (Lipinski definition) is 6. The molecule has 0 saturated heterocycles. The summed E-state index contributed by atoms with van der Waals surface area (Å²) in [6, 6.07) is 14.7. The van der Waals surface area contributed by atoms with Crippen molar-refractivity contribution in [1.29, 1.82) is 0 Å². The minimum absolute atomic E-state index is 0.0842. The summed E-state index contributed by atoms with van der Waals surface area (Å²) in [4.78, 5) is 16.8. The summed E-state index contributed by atoms with van der Waals surface area (Å²) in [5.74, 6) is 1.65. The number of carbonyl (C=O) groups excluding carboxylic acids is 1. The molecule has 6 heteroatoms.